The highest BCUT2D eigenvalue weighted by atomic mass is 19.4. The highest BCUT2D eigenvalue weighted by molar-refractivity contribution is 5.66. The van der Waals surface area contributed by atoms with Gasteiger partial charge in [0.15, 0.2) is 0 Å². The Bertz CT molecular complexity index is 261. The molecule has 2 N–H and O–H groups in total. The number of hydrogen-bond acceptors (Lipinski definition) is 1. The predicted molar refractivity (Wildman–Crippen MR) is 58.9 cm³/mol. The number of amides is 1. The van der Waals surface area contributed by atoms with E-state index in [4.69, 9.17) is 5.11 Å². The van der Waals surface area contributed by atoms with Gasteiger partial charge in [-0.15, -0.1) is 0 Å². The summed E-state index contributed by atoms with van der Waals surface area (Å²) in [7, 11) is 0. The van der Waals surface area contributed by atoms with Crippen molar-refractivity contribution >= 4 is 6.09 Å². The van der Waals surface area contributed by atoms with Crippen LogP contribution >= 0.6 is 0 Å². The van der Waals surface area contributed by atoms with Gasteiger partial charge in [0.1, 0.15) is 5.54 Å². The summed E-state index contributed by atoms with van der Waals surface area (Å²) in [6.07, 6.45) is -6.35. The van der Waals surface area contributed by atoms with Crippen LogP contribution in [0, 0.1) is 10.8 Å². The van der Waals surface area contributed by atoms with Crippen molar-refractivity contribution in [2.45, 2.75) is 53.3 Å². The highest BCUT2D eigenvalue weighted by Crippen LogP contribution is 2.53. The Morgan fingerprint density at radius 2 is 1.24 bits per heavy atom. The SMILES string of the molecule is CC(C)(C)C(NC(=O)O)(C(C)(C)C)C(F)(F)F. The van der Waals surface area contributed by atoms with Gasteiger partial charge in [0.2, 0.25) is 0 Å². The maximum absolute atomic E-state index is 13.4. The van der Waals surface area contributed by atoms with Crippen LogP contribution in [-0.2, 0) is 0 Å². The minimum Gasteiger partial charge on any atom is -0.465 e. The maximum Gasteiger partial charge on any atom is 0.412 e. The van der Waals surface area contributed by atoms with Crippen molar-refractivity contribution in [1.29, 1.82) is 0 Å². The van der Waals surface area contributed by atoms with Crippen LogP contribution in [0.4, 0.5) is 18.0 Å². The third-order valence-corrected chi connectivity index (χ3v) is 2.97. The lowest BCUT2D eigenvalue weighted by Gasteiger charge is -2.53. The van der Waals surface area contributed by atoms with Gasteiger partial charge >= 0.3 is 12.3 Å². The van der Waals surface area contributed by atoms with Gasteiger partial charge in [-0.05, 0) is 10.8 Å². The smallest absolute Gasteiger partial charge is 0.412 e. The van der Waals surface area contributed by atoms with E-state index in [0.29, 0.717) is 0 Å². The Morgan fingerprint density at radius 1 is 0.941 bits per heavy atom. The lowest BCUT2D eigenvalue weighted by atomic mass is 9.59. The Balaban J connectivity index is 6.02. The average Bonchev–Trinajstić information content (AvgIpc) is 1.91. The molecule has 0 saturated heterocycles. The topological polar surface area (TPSA) is 49.3 Å². The summed E-state index contributed by atoms with van der Waals surface area (Å²) in [5, 5.41) is 10.4. The van der Waals surface area contributed by atoms with Gasteiger partial charge in [0, 0.05) is 0 Å². The molecule has 0 radical (unpaired) electrons. The van der Waals surface area contributed by atoms with Crippen LogP contribution in [0.1, 0.15) is 41.5 Å². The molecule has 0 aliphatic carbocycles. The average molecular weight is 255 g/mol. The van der Waals surface area contributed by atoms with Gasteiger partial charge in [0.25, 0.3) is 0 Å². The van der Waals surface area contributed by atoms with E-state index in [1.165, 1.54) is 41.5 Å². The molecule has 0 unspecified atom stereocenters. The number of rotatable bonds is 1. The second-order valence-electron chi connectivity index (χ2n) is 6.18. The van der Waals surface area contributed by atoms with Crippen LogP contribution in [0.2, 0.25) is 0 Å². The summed E-state index contributed by atoms with van der Waals surface area (Å²) < 4.78 is 40.2. The molecule has 0 aliphatic heterocycles. The number of hydrogen-bond donors (Lipinski definition) is 2. The summed E-state index contributed by atoms with van der Waals surface area (Å²) >= 11 is 0. The summed E-state index contributed by atoms with van der Waals surface area (Å²) in [5.74, 6) is 0. The second-order valence-corrected chi connectivity index (χ2v) is 6.18. The number of alkyl halides is 3. The van der Waals surface area contributed by atoms with Crippen molar-refractivity contribution in [2.75, 3.05) is 0 Å². The van der Waals surface area contributed by atoms with E-state index >= 15 is 0 Å². The van der Waals surface area contributed by atoms with E-state index in [0.717, 1.165) is 0 Å². The van der Waals surface area contributed by atoms with Gasteiger partial charge in [-0.25, -0.2) is 4.79 Å². The minimum absolute atomic E-state index is 1.30. The lowest BCUT2D eigenvalue weighted by Crippen LogP contribution is -2.72. The van der Waals surface area contributed by atoms with E-state index < -0.39 is 28.6 Å². The lowest BCUT2D eigenvalue weighted by molar-refractivity contribution is -0.254. The van der Waals surface area contributed by atoms with Crippen LogP contribution in [-0.4, -0.2) is 22.9 Å². The van der Waals surface area contributed by atoms with E-state index in [1.54, 1.807) is 5.32 Å². The Kier molecular flexibility index (Phi) is 3.84. The first kappa shape index (κ1) is 16.1. The molecular weight excluding hydrogens is 235 g/mol. The van der Waals surface area contributed by atoms with Crippen LogP contribution in [0.3, 0.4) is 0 Å². The zero-order valence-corrected chi connectivity index (χ0v) is 11.0. The molecule has 0 spiro atoms. The number of halogens is 3. The molecule has 3 nitrogen and oxygen atoms in total. The normalized spacial score (nSPS) is 14.6. The first-order chi connectivity index (χ1) is 7.17. The van der Waals surface area contributed by atoms with E-state index in [1.807, 2.05) is 0 Å². The molecule has 6 heteroatoms. The fraction of sp³-hybridized carbons (Fsp3) is 0.909. The molecule has 17 heavy (non-hydrogen) atoms. The molecule has 0 aromatic rings. The molecule has 0 heterocycles. The van der Waals surface area contributed by atoms with Crippen molar-refractivity contribution in [3.05, 3.63) is 0 Å². The molecule has 0 aliphatic rings. The van der Waals surface area contributed by atoms with Crippen LogP contribution < -0.4 is 5.32 Å². The quantitative estimate of drug-likeness (QED) is 0.751. The second kappa shape index (κ2) is 4.07. The number of carbonyl (C=O) groups is 1. The Labute approximate surface area is 99.4 Å². The molecule has 0 rings (SSSR count). The number of carboxylic acid groups (broad SMARTS) is 1. The number of nitrogens with one attached hydrogen (secondary N) is 1. The highest BCUT2D eigenvalue weighted by Gasteiger charge is 2.68. The predicted octanol–water partition coefficient (Wildman–Crippen LogP) is 3.65. The van der Waals surface area contributed by atoms with Crippen molar-refractivity contribution in [1.82, 2.24) is 5.32 Å². The van der Waals surface area contributed by atoms with Gasteiger partial charge in [-0.3, -0.25) is 0 Å². The van der Waals surface area contributed by atoms with Crippen LogP contribution in [0.25, 0.3) is 0 Å². The summed E-state index contributed by atoms with van der Waals surface area (Å²) in [5.41, 5.74) is -5.12. The Morgan fingerprint density at radius 3 is 1.29 bits per heavy atom. The van der Waals surface area contributed by atoms with Crippen LogP contribution in [0.5, 0.6) is 0 Å². The molecule has 1 amide bonds. The molecule has 0 saturated carbocycles. The third-order valence-electron chi connectivity index (χ3n) is 2.97. The van der Waals surface area contributed by atoms with E-state index in [2.05, 4.69) is 0 Å². The largest absolute Gasteiger partial charge is 0.465 e. The van der Waals surface area contributed by atoms with Gasteiger partial charge < -0.3 is 10.4 Å². The molecule has 102 valence electrons. The van der Waals surface area contributed by atoms with Gasteiger partial charge in [-0.1, -0.05) is 41.5 Å². The first-order valence-electron chi connectivity index (χ1n) is 5.24. The molecular formula is C11H20F3NO2. The Hall–Kier alpha value is -0.940. The zero-order valence-electron chi connectivity index (χ0n) is 11.0. The van der Waals surface area contributed by atoms with E-state index in [9.17, 15) is 18.0 Å². The monoisotopic (exact) mass is 255 g/mol. The fourth-order valence-corrected chi connectivity index (χ4v) is 2.58. The van der Waals surface area contributed by atoms with Gasteiger partial charge in [0.05, 0.1) is 0 Å². The zero-order chi connectivity index (χ0) is 14.3. The molecule has 0 bridgehead atoms. The fourth-order valence-electron chi connectivity index (χ4n) is 2.58. The summed E-state index contributed by atoms with van der Waals surface area (Å²) in [6, 6.07) is 0. The van der Waals surface area contributed by atoms with Crippen molar-refractivity contribution in [2.24, 2.45) is 10.8 Å². The molecule has 0 aromatic heterocycles. The van der Waals surface area contributed by atoms with Crippen molar-refractivity contribution in [3.8, 4) is 0 Å². The minimum atomic E-state index is -4.68. The standard InChI is InChI=1S/C11H20F3NO2/c1-8(2,3)10(9(4,5)6,11(12,13)14)15-7(16)17/h15H,1-6H3,(H,16,17). The van der Waals surface area contributed by atoms with Crippen molar-refractivity contribution < 1.29 is 23.1 Å². The molecule has 0 fully saturated rings. The molecule has 0 atom stereocenters. The first-order valence-corrected chi connectivity index (χ1v) is 5.24. The van der Waals surface area contributed by atoms with Crippen LogP contribution in [0.15, 0.2) is 0 Å². The maximum atomic E-state index is 13.4. The molecule has 0 aromatic carbocycles. The summed E-state index contributed by atoms with van der Waals surface area (Å²) in [4.78, 5) is 10.7. The van der Waals surface area contributed by atoms with Crippen molar-refractivity contribution in [3.63, 3.8) is 0 Å². The van der Waals surface area contributed by atoms with Gasteiger partial charge in [-0.2, -0.15) is 13.2 Å². The van der Waals surface area contributed by atoms with E-state index in [-0.39, 0.29) is 0 Å². The third kappa shape index (κ3) is 2.66. The summed E-state index contributed by atoms with van der Waals surface area (Å²) in [6.45, 7) is 8.26.